The molecule has 0 spiro atoms. The van der Waals surface area contributed by atoms with Crippen LogP contribution in [0.25, 0.3) is 0 Å². The predicted molar refractivity (Wildman–Crippen MR) is 129 cm³/mol. The van der Waals surface area contributed by atoms with E-state index in [2.05, 4.69) is 32.6 Å². The summed E-state index contributed by atoms with van der Waals surface area (Å²) < 4.78 is 5.30. The van der Waals surface area contributed by atoms with Gasteiger partial charge in [-0.1, -0.05) is 39.8 Å². The molecule has 3 aliphatic rings. The van der Waals surface area contributed by atoms with Gasteiger partial charge < -0.3 is 9.64 Å². The lowest BCUT2D eigenvalue weighted by Gasteiger charge is -2.49. The zero-order valence-corrected chi connectivity index (χ0v) is 20.8. The monoisotopic (exact) mass is 466 g/mol. The molecule has 2 aliphatic carbocycles. The molecule has 0 atom stereocenters. The molecule has 0 saturated heterocycles. The highest BCUT2D eigenvalue weighted by Crippen LogP contribution is 2.54. The number of carbonyl (C=O) groups is 2. The molecule has 4 rings (SSSR count). The van der Waals surface area contributed by atoms with E-state index in [1.165, 1.54) is 12.1 Å². The van der Waals surface area contributed by atoms with Gasteiger partial charge in [-0.05, 0) is 35.7 Å². The second kappa shape index (κ2) is 8.77. The first kappa shape index (κ1) is 24.3. The zero-order valence-electron chi connectivity index (χ0n) is 20.8. The van der Waals surface area contributed by atoms with Crippen molar-refractivity contribution in [2.75, 3.05) is 20.3 Å². The topological polar surface area (TPSA) is 89.8 Å². The van der Waals surface area contributed by atoms with Crippen molar-refractivity contribution in [3.8, 4) is 0 Å². The summed E-state index contributed by atoms with van der Waals surface area (Å²) in [4.78, 5) is 40.6. The number of hydrogen-bond donors (Lipinski definition) is 0. The van der Waals surface area contributed by atoms with Crippen LogP contribution in [0.4, 0.5) is 5.69 Å². The number of ether oxygens (including phenoxy) is 1. The first-order valence-electron chi connectivity index (χ1n) is 12.0. The highest BCUT2D eigenvalue weighted by molar-refractivity contribution is 6.06. The van der Waals surface area contributed by atoms with Crippen LogP contribution in [0.15, 0.2) is 46.8 Å². The number of methoxy groups -OCH3 is 1. The maximum atomic E-state index is 13.7. The minimum Gasteiger partial charge on any atom is -0.385 e. The number of hydrogen-bond acceptors (Lipinski definition) is 6. The van der Waals surface area contributed by atoms with Gasteiger partial charge in [0.15, 0.2) is 11.6 Å². The van der Waals surface area contributed by atoms with Crippen molar-refractivity contribution >= 4 is 17.3 Å². The molecule has 1 aliphatic heterocycles. The van der Waals surface area contributed by atoms with Crippen LogP contribution in [0.1, 0.15) is 71.3 Å². The summed E-state index contributed by atoms with van der Waals surface area (Å²) >= 11 is 0. The molecule has 0 bridgehead atoms. The van der Waals surface area contributed by atoms with Crippen molar-refractivity contribution in [1.29, 1.82) is 0 Å². The third-order valence-electron chi connectivity index (χ3n) is 7.17. The Hall–Kier alpha value is -2.80. The summed E-state index contributed by atoms with van der Waals surface area (Å²) in [6, 6.07) is 6.44. The highest BCUT2D eigenvalue weighted by atomic mass is 16.6. The smallest absolute Gasteiger partial charge is 0.269 e. The van der Waals surface area contributed by atoms with Gasteiger partial charge in [-0.2, -0.15) is 0 Å². The maximum absolute atomic E-state index is 13.7. The van der Waals surface area contributed by atoms with Crippen LogP contribution in [-0.4, -0.2) is 41.7 Å². The molecule has 0 amide bonds. The largest absolute Gasteiger partial charge is 0.385 e. The van der Waals surface area contributed by atoms with Crippen LogP contribution in [0.2, 0.25) is 0 Å². The van der Waals surface area contributed by atoms with E-state index < -0.39 is 10.8 Å². The molecule has 0 fully saturated rings. The lowest BCUT2D eigenvalue weighted by atomic mass is 9.63. The van der Waals surface area contributed by atoms with Crippen molar-refractivity contribution in [3.63, 3.8) is 0 Å². The Morgan fingerprint density at radius 3 is 2.06 bits per heavy atom. The van der Waals surface area contributed by atoms with Gasteiger partial charge in [0.05, 0.1) is 4.92 Å². The van der Waals surface area contributed by atoms with Crippen molar-refractivity contribution in [2.24, 2.45) is 10.8 Å². The average molecular weight is 467 g/mol. The molecule has 1 heterocycles. The zero-order chi connectivity index (χ0) is 24.8. The lowest BCUT2D eigenvalue weighted by Crippen LogP contribution is -2.44. The van der Waals surface area contributed by atoms with Crippen LogP contribution in [0.5, 0.6) is 0 Å². The molecule has 0 aromatic heterocycles. The van der Waals surface area contributed by atoms with Crippen molar-refractivity contribution < 1.29 is 19.2 Å². The number of non-ortho nitro benzene ring substituents is 1. The van der Waals surface area contributed by atoms with Gasteiger partial charge in [0.25, 0.3) is 5.69 Å². The molecule has 7 heteroatoms. The van der Waals surface area contributed by atoms with Crippen LogP contribution >= 0.6 is 0 Å². The van der Waals surface area contributed by atoms with Crippen LogP contribution in [-0.2, 0) is 14.3 Å². The number of ketones is 2. The summed E-state index contributed by atoms with van der Waals surface area (Å²) in [5.74, 6) is -0.497. The number of carbonyl (C=O) groups excluding carboxylic acids is 2. The number of benzene rings is 1. The Bertz CT molecular complexity index is 1060. The van der Waals surface area contributed by atoms with Crippen molar-refractivity contribution in [3.05, 3.63) is 62.5 Å². The molecule has 34 heavy (non-hydrogen) atoms. The molecule has 0 radical (unpaired) electrons. The Morgan fingerprint density at radius 1 is 1.00 bits per heavy atom. The first-order valence-corrected chi connectivity index (χ1v) is 12.0. The number of nitrogens with zero attached hydrogens (tertiary/aromatic N) is 2. The number of nitro groups is 1. The Morgan fingerprint density at radius 2 is 1.56 bits per heavy atom. The number of rotatable bonds is 6. The summed E-state index contributed by atoms with van der Waals surface area (Å²) in [5, 5.41) is 11.5. The Labute approximate surface area is 201 Å². The first-order chi connectivity index (χ1) is 15.9. The van der Waals surface area contributed by atoms with Gasteiger partial charge >= 0.3 is 0 Å². The molecule has 7 nitrogen and oxygen atoms in total. The van der Waals surface area contributed by atoms with Gasteiger partial charge in [0, 0.05) is 73.7 Å². The molecular weight excluding hydrogens is 432 g/mol. The van der Waals surface area contributed by atoms with Gasteiger partial charge in [-0.25, -0.2) is 0 Å². The minimum atomic E-state index is -0.559. The molecule has 0 saturated carbocycles. The molecule has 1 aromatic rings. The number of Topliss-reactive ketones (excluding diaryl/α,β-unsaturated/α-hetero) is 2. The Balaban J connectivity index is 1.96. The summed E-state index contributed by atoms with van der Waals surface area (Å²) in [5.41, 5.74) is 3.44. The minimum absolute atomic E-state index is 0.0310. The van der Waals surface area contributed by atoms with E-state index in [0.717, 1.165) is 30.7 Å². The third kappa shape index (κ3) is 4.45. The summed E-state index contributed by atoms with van der Waals surface area (Å²) in [6.07, 6.45) is 3.00. The molecule has 0 unspecified atom stereocenters. The van der Waals surface area contributed by atoms with E-state index >= 15 is 0 Å². The maximum Gasteiger partial charge on any atom is 0.269 e. The molecule has 1 aromatic carbocycles. The fraction of sp³-hybridized carbons (Fsp3) is 0.556. The average Bonchev–Trinajstić information content (AvgIpc) is 2.72. The van der Waals surface area contributed by atoms with E-state index in [1.54, 1.807) is 13.2 Å². The van der Waals surface area contributed by atoms with Crippen LogP contribution < -0.4 is 0 Å². The number of nitro benzene ring substituents is 1. The van der Waals surface area contributed by atoms with Crippen LogP contribution in [0, 0.1) is 20.9 Å². The summed E-state index contributed by atoms with van der Waals surface area (Å²) in [6.45, 7) is 9.66. The lowest BCUT2D eigenvalue weighted by molar-refractivity contribution is -0.384. The Kier molecular flexibility index (Phi) is 6.27. The third-order valence-corrected chi connectivity index (χ3v) is 7.17. The highest BCUT2D eigenvalue weighted by Gasteiger charge is 2.48. The van der Waals surface area contributed by atoms with Gasteiger partial charge in [0.1, 0.15) is 0 Å². The van der Waals surface area contributed by atoms with Gasteiger partial charge in [-0.3, -0.25) is 19.7 Å². The van der Waals surface area contributed by atoms with Gasteiger partial charge in [0.2, 0.25) is 0 Å². The second-order valence-corrected chi connectivity index (χ2v) is 11.4. The SMILES string of the molecule is COCCCN1C2=C(C(=O)CC(C)(C)C2)C(c2cccc([N+](=O)[O-])c2)C2=C1CC(C)(C)CC2=O. The van der Waals surface area contributed by atoms with Crippen molar-refractivity contribution in [2.45, 2.75) is 65.7 Å². The standard InChI is InChI=1S/C27H34N2O5/c1-26(2)13-19-24(21(30)15-26)23(17-8-6-9-18(12-17)29(32)33)25-20(28(19)10-7-11-34-5)14-27(3,4)16-22(25)31/h6,8-9,12,23H,7,10-11,13-16H2,1-5H3. The molecule has 0 N–H and O–H groups in total. The fourth-order valence-electron chi connectivity index (χ4n) is 5.84. The van der Waals surface area contributed by atoms with E-state index in [9.17, 15) is 19.7 Å². The fourth-order valence-corrected chi connectivity index (χ4v) is 5.84. The van der Waals surface area contributed by atoms with Crippen molar-refractivity contribution in [1.82, 2.24) is 4.90 Å². The van der Waals surface area contributed by atoms with E-state index in [0.29, 0.717) is 42.7 Å². The quantitative estimate of drug-likeness (QED) is 0.320. The van der Waals surface area contributed by atoms with E-state index in [-0.39, 0.29) is 28.1 Å². The normalized spacial score (nSPS) is 22.1. The van der Waals surface area contributed by atoms with E-state index in [4.69, 9.17) is 4.74 Å². The van der Waals surface area contributed by atoms with Crippen LogP contribution in [0.3, 0.4) is 0 Å². The predicted octanol–water partition coefficient (Wildman–Crippen LogP) is 5.32. The molecular formula is C27H34N2O5. The number of allylic oxidation sites excluding steroid dienone is 4. The summed E-state index contributed by atoms with van der Waals surface area (Å²) in [7, 11) is 1.67. The molecule has 182 valence electrons. The second-order valence-electron chi connectivity index (χ2n) is 11.4. The van der Waals surface area contributed by atoms with E-state index in [1.807, 2.05) is 6.07 Å². The van der Waals surface area contributed by atoms with Gasteiger partial charge in [-0.15, -0.1) is 0 Å².